The number of carbonyl (C=O) groups excluding carboxylic acids is 1. The number of carbonyl (C=O) groups is 1. The molecule has 1 amide bonds. The van der Waals surface area contributed by atoms with Crippen LogP contribution in [0.2, 0.25) is 0 Å². The Morgan fingerprint density at radius 3 is 2.66 bits per heavy atom. The Kier molecular flexibility index (Phi) is 4.14. The highest BCUT2D eigenvalue weighted by Gasteiger charge is 2.18. The van der Waals surface area contributed by atoms with E-state index in [-0.39, 0.29) is 17.5 Å². The molecule has 0 aliphatic carbocycles. The van der Waals surface area contributed by atoms with Crippen LogP contribution in [0.5, 0.6) is 0 Å². The maximum Gasteiger partial charge on any atom is 0.291 e. The van der Waals surface area contributed by atoms with E-state index < -0.39 is 0 Å². The van der Waals surface area contributed by atoms with Gasteiger partial charge in [-0.05, 0) is 61.5 Å². The minimum atomic E-state index is -0.369. The second-order valence-corrected chi connectivity index (χ2v) is 7.75. The van der Waals surface area contributed by atoms with Crippen molar-refractivity contribution in [3.05, 3.63) is 83.9 Å². The number of thiazole rings is 1. The van der Waals surface area contributed by atoms with E-state index in [1.54, 1.807) is 18.3 Å². The average molecular weight is 402 g/mol. The van der Waals surface area contributed by atoms with Crippen LogP contribution in [0.25, 0.3) is 31.8 Å². The molecule has 0 fully saturated rings. The molecule has 2 aromatic heterocycles. The Morgan fingerprint density at radius 1 is 1.07 bits per heavy atom. The van der Waals surface area contributed by atoms with Crippen LogP contribution in [-0.4, -0.2) is 10.9 Å². The Balaban J connectivity index is 1.39. The van der Waals surface area contributed by atoms with Gasteiger partial charge in [-0.15, -0.1) is 11.3 Å². The van der Waals surface area contributed by atoms with Crippen LogP contribution in [0.4, 0.5) is 10.1 Å². The summed E-state index contributed by atoms with van der Waals surface area (Å²) in [5.74, 6) is -0.550. The molecule has 0 unspecified atom stereocenters. The van der Waals surface area contributed by atoms with Gasteiger partial charge in [0.2, 0.25) is 0 Å². The first-order chi connectivity index (χ1) is 14.1. The largest absolute Gasteiger partial charge is 0.451 e. The number of para-hydroxylation sites is 1. The SMILES string of the molecule is Cc1c(C(=O)Nc2ccc(-c3nc4ccccc4s3)cc2)oc2ccc(F)cc12. The van der Waals surface area contributed by atoms with Gasteiger partial charge in [0.1, 0.15) is 16.4 Å². The van der Waals surface area contributed by atoms with Crippen LogP contribution in [0.1, 0.15) is 16.1 Å². The van der Waals surface area contributed by atoms with Crippen molar-refractivity contribution in [2.24, 2.45) is 0 Å². The van der Waals surface area contributed by atoms with Crippen LogP contribution in [0, 0.1) is 12.7 Å². The van der Waals surface area contributed by atoms with Gasteiger partial charge in [-0.2, -0.15) is 0 Å². The number of furan rings is 1. The van der Waals surface area contributed by atoms with E-state index in [1.807, 2.05) is 48.5 Å². The molecule has 0 bridgehead atoms. The fraction of sp³-hybridized carbons (Fsp3) is 0.0435. The summed E-state index contributed by atoms with van der Waals surface area (Å²) >= 11 is 1.63. The molecule has 0 atom stereocenters. The minimum Gasteiger partial charge on any atom is -0.451 e. The molecule has 0 saturated heterocycles. The zero-order valence-corrected chi connectivity index (χ0v) is 16.2. The lowest BCUT2D eigenvalue weighted by atomic mass is 10.1. The topological polar surface area (TPSA) is 55.1 Å². The lowest BCUT2D eigenvalue weighted by Gasteiger charge is -2.05. The van der Waals surface area contributed by atoms with Crippen molar-refractivity contribution < 1.29 is 13.6 Å². The lowest BCUT2D eigenvalue weighted by molar-refractivity contribution is 0.0998. The van der Waals surface area contributed by atoms with Gasteiger partial charge < -0.3 is 9.73 Å². The molecular weight excluding hydrogens is 387 g/mol. The van der Waals surface area contributed by atoms with Gasteiger partial charge in [-0.3, -0.25) is 4.79 Å². The molecule has 29 heavy (non-hydrogen) atoms. The van der Waals surface area contributed by atoms with Crippen molar-refractivity contribution in [1.29, 1.82) is 0 Å². The molecule has 0 aliphatic rings. The highest BCUT2D eigenvalue weighted by molar-refractivity contribution is 7.21. The quantitative estimate of drug-likeness (QED) is 0.379. The number of aromatic nitrogens is 1. The highest BCUT2D eigenvalue weighted by atomic mass is 32.1. The number of fused-ring (bicyclic) bond motifs is 2. The molecule has 0 radical (unpaired) electrons. The highest BCUT2D eigenvalue weighted by Crippen LogP contribution is 2.31. The van der Waals surface area contributed by atoms with Gasteiger partial charge in [-0.25, -0.2) is 9.37 Å². The van der Waals surface area contributed by atoms with Crippen LogP contribution >= 0.6 is 11.3 Å². The predicted molar refractivity (Wildman–Crippen MR) is 114 cm³/mol. The van der Waals surface area contributed by atoms with E-state index in [0.29, 0.717) is 22.2 Å². The molecule has 0 aliphatic heterocycles. The van der Waals surface area contributed by atoms with Gasteiger partial charge in [0, 0.05) is 22.2 Å². The third kappa shape index (κ3) is 3.17. The number of nitrogens with one attached hydrogen (secondary N) is 1. The van der Waals surface area contributed by atoms with E-state index in [0.717, 1.165) is 20.8 Å². The monoisotopic (exact) mass is 402 g/mol. The number of rotatable bonds is 3. The zero-order chi connectivity index (χ0) is 20.0. The number of halogens is 1. The fourth-order valence-corrected chi connectivity index (χ4v) is 4.26. The Bertz CT molecular complexity index is 1340. The molecule has 0 saturated carbocycles. The van der Waals surface area contributed by atoms with Gasteiger partial charge in [-0.1, -0.05) is 12.1 Å². The van der Waals surface area contributed by atoms with Crippen molar-refractivity contribution in [3.63, 3.8) is 0 Å². The Morgan fingerprint density at radius 2 is 1.86 bits per heavy atom. The third-order valence-corrected chi connectivity index (χ3v) is 5.87. The first-order valence-corrected chi connectivity index (χ1v) is 9.86. The first-order valence-electron chi connectivity index (χ1n) is 9.04. The smallest absolute Gasteiger partial charge is 0.291 e. The summed E-state index contributed by atoms with van der Waals surface area (Å²) in [6.07, 6.45) is 0. The minimum absolute atomic E-state index is 0.181. The van der Waals surface area contributed by atoms with E-state index in [9.17, 15) is 9.18 Å². The number of benzene rings is 3. The molecule has 1 N–H and O–H groups in total. The maximum atomic E-state index is 13.5. The van der Waals surface area contributed by atoms with E-state index in [1.165, 1.54) is 18.2 Å². The van der Waals surface area contributed by atoms with Crippen molar-refractivity contribution in [2.45, 2.75) is 6.92 Å². The molecule has 6 heteroatoms. The molecular formula is C23H15FN2O2S. The van der Waals surface area contributed by atoms with Crippen molar-refractivity contribution in [3.8, 4) is 10.6 Å². The summed E-state index contributed by atoms with van der Waals surface area (Å²) in [7, 11) is 0. The molecule has 0 spiro atoms. The molecule has 5 rings (SSSR count). The van der Waals surface area contributed by atoms with Crippen molar-refractivity contribution in [1.82, 2.24) is 4.98 Å². The molecule has 5 aromatic rings. The normalized spacial score (nSPS) is 11.2. The number of amides is 1. The number of nitrogens with zero attached hydrogens (tertiary/aromatic N) is 1. The lowest BCUT2D eigenvalue weighted by Crippen LogP contribution is -2.11. The van der Waals surface area contributed by atoms with Crippen LogP contribution in [0.15, 0.2) is 71.1 Å². The standard InChI is InChI=1S/C23H15FN2O2S/c1-13-17-12-15(24)8-11-19(17)28-21(13)22(27)25-16-9-6-14(7-10-16)23-26-18-4-2-3-5-20(18)29-23/h2-12H,1H3,(H,25,27). The molecule has 142 valence electrons. The molecule has 3 aromatic carbocycles. The number of anilines is 1. The Hall–Kier alpha value is -3.51. The summed E-state index contributed by atoms with van der Waals surface area (Å²) in [4.78, 5) is 17.3. The zero-order valence-electron chi connectivity index (χ0n) is 15.4. The van der Waals surface area contributed by atoms with E-state index >= 15 is 0 Å². The van der Waals surface area contributed by atoms with Crippen LogP contribution < -0.4 is 5.32 Å². The first kappa shape index (κ1) is 17.6. The predicted octanol–water partition coefficient (Wildman–Crippen LogP) is 6.41. The van der Waals surface area contributed by atoms with Gasteiger partial charge in [0.15, 0.2) is 5.76 Å². The molecule has 4 nitrogen and oxygen atoms in total. The number of hydrogen-bond acceptors (Lipinski definition) is 4. The maximum absolute atomic E-state index is 13.5. The second-order valence-electron chi connectivity index (χ2n) is 6.71. The van der Waals surface area contributed by atoms with Crippen LogP contribution in [0.3, 0.4) is 0 Å². The number of hydrogen-bond donors (Lipinski definition) is 1. The summed E-state index contributed by atoms with van der Waals surface area (Å²) < 4.78 is 20.2. The van der Waals surface area contributed by atoms with E-state index in [4.69, 9.17) is 4.42 Å². The van der Waals surface area contributed by atoms with Crippen molar-refractivity contribution >= 4 is 44.1 Å². The fourth-order valence-electron chi connectivity index (χ4n) is 3.29. The second kappa shape index (κ2) is 6.83. The average Bonchev–Trinajstić information content (AvgIpc) is 3.30. The summed E-state index contributed by atoms with van der Waals surface area (Å²) in [5, 5.41) is 4.36. The van der Waals surface area contributed by atoms with Gasteiger partial charge >= 0.3 is 0 Å². The summed E-state index contributed by atoms with van der Waals surface area (Å²) in [6, 6.07) is 19.7. The van der Waals surface area contributed by atoms with E-state index in [2.05, 4.69) is 10.3 Å². The summed E-state index contributed by atoms with van der Waals surface area (Å²) in [6.45, 7) is 1.75. The third-order valence-electron chi connectivity index (χ3n) is 4.79. The number of aryl methyl sites for hydroxylation is 1. The molecule has 2 heterocycles. The Labute approximate surface area is 169 Å². The van der Waals surface area contributed by atoms with Crippen LogP contribution in [-0.2, 0) is 0 Å². The van der Waals surface area contributed by atoms with Gasteiger partial charge in [0.25, 0.3) is 5.91 Å². The van der Waals surface area contributed by atoms with Crippen molar-refractivity contribution in [2.75, 3.05) is 5.32 Å². The summed E-state index contributed by atoms with van der Waals surface area (Å²) in [5.41, 5.74) is 3.70. The van der Waals surface area contributed by atoms with Gasteiger partial charge in [0.05, 0.1) is 10.2 Å².